The number of sulfone groups is 1. The Hall–Kier alpha value is -2.15. The number of likely N-dealkylation sites (N-methyl/N-ethyl adjacent to an activating group) is 1. The van der Waals surface area contributed by atoms with Crippen molar-refractivity contribution in [1.29, 1.82) is 0 Å². The van der Waals surface area contributed by atoms with Crippen molar-refractivity contribution < 1.29 is 22.7 Å². The van der Waals surface area contributed by atoms with Gasteiger partial charge in [0.2, 0.25) is 0 Å². The first kappa shape index (κ1) is 20.2. The van der Waals surface area contributed by atoms with E-state index in [1.54, 1.807) is 13.0 Å². The van der Waals surface area contributed by atoms with E-state index in [2.05, 4.69) is 0 Å². The lowest BCUT2D eigenvalue weighted by molar-refractivity contribution is -0.156. The van der Waals surface area contributed by atoms with Crippen LogP contribution in [0.3, 0.4) is 0 Å². The Bertz CT molecular complexity index is 800. The Morgan fingerprint density at radius 2 is 2.04 bits per heavy atom. The monoisotopic (exact) mass is 379 g/mol. The predicted octanol–water partition coefficient (Wildman–Crippen LogP) is 1.98. The van der Waals surface area contributed by atoms with E-state index in [4.69, 9.17) is 4.74 Å². The van der Waals surface area contributed by atoms with Crippen LogP contribution in [0.25, 0.3) is 6.08 Å². The lowest BCUT2D eigenvalue weighted by Crippen LogP contribution is -2.46. The van der Waals surface area contributed by atoms with Crippen molar-refractivity contribution in [2.24, 2.45) is 0 Å². The molecule has 2 atom stereocenters. The van der Waals surface area contributed by atoms with Gasteiger partial charge in [-0.1, -0.05) is 24.3 Å². The highest BCUT2D eigenvalue weighted by Gasteiger charge is 2.36. The van der Waals surface area contributed by atoms with Crippen LogP contribution in [-0.4, -0.2) is 55.4 Å². The molecule has 1 fully saturated rings. The molecule has 0 N–H and O–H groups in total. The van der Waals surface area contributed by atoms with Crippen LogP contribution in [0, 0.1) is 6.92 Å². The lowest BCUT2D eigenvalue weighted by Gasteiger charge is -2.29. The average Bonchev–Trinajstić information content (AvgIpc) is 2.94. The molecule has 0 aromatic heterocycles. The maximum atomic E-state index is 12.6. The average molecular weight is 379 g/mol. The minimum absolute atomic E-state index is 0.0273. The van der Waals surface area contributed by atoms with Crippen LogP contribution in [0.2, 0.25) is 0 Å². The van der Waals surface area contributed by atoms with Crippen LogP contribution in [0.15, 0.2) is 30.3 Å². The molecule has 1 aromatic carbocycles. The van der Waals surface area contributed by atoms with Gasteiger partial charge in [0, 0.05) is 18.7 Å². The number of benzene rings is 1. The second-order valence-electron chi connectivity index (χ2n) is 6.45. The summed E-state index contributed by atoms with van der Waals surface area (Å²) >= 11 is 0. The molecular formula is C19H25NO5S. The molecule has 1 aliphatic rings. The van der Waals surface area contributed by atoms with Gasteiger partial charge in [0.25, 0.3) is 5.91 Å². The molecule has 1 amide bonds. The number of ether oxygens (including phenoxy) is 1. The third-order valence-electron chi connectivity index (χ3n) is 4.50. The highest BCUT2D eigenvalue weighted by Crippen LogP contribution is 2.19. The number of rotatable bonds is 6. The summed E-state index contributed by atoms with van der Waals surface area (Å²) in [4.78, 5) is 26.1. The molecule has 0 aliphatic carbocycles. The van der Waals surface area contributed by atoms with Crippen LogP contribution < -0.4 is 0 Å². The number of aryl methyl sites for hydroxylation is 1. The highest BCUT2D eigenvalue weighted by molar-refractivity contribution is 7.91. The molecule has 142 valence electrons. The number of esters is 1. The first-order valence-electron chi connectivity index (χ1n) is 8.68. The molecule has 26 heavy (non-hydrogen) atoms. The number of amides is 1. The van der Waals surface area contributed by atoms with Crippen molar-refractivity contribution in [3.63, 3.8) is 0 Å². The van der Waals surface area contributed by atoms with Crippen LogP contribution in [0.1, 0.15) is 31.4 Å². The van der Waals surface area contributed by atoms with E-state index in [0.29, 0.717) is 13.0 Å². The second kappa shape index (κ2) is 8.49. The summed E-state index contributed by atoms with van der Waals surface area (Å²) in [6.07, 6.45) is 2.40. The molecule has 1 heterocycles. The first-order valence-corrected chi connectivity index (χ1v) is 10.5. The number of hydrogen-bond acceptors (Lipinski definition) is 5. The zero-order valence-electron chi connectivity index (χ0n) is 15.3. The van der Waals surface area contributed by atoms with E-state index < -0.39 is 21.9 Å². The zero-order chi connectivity index (χ0) is 19.3. The summed E-state index contributed by atoms with van der Waals surface area (Å²) in [5.41, 5.74) is 1.93. The molecule has 1 saturated heterocycles. The van der Waals surface area contributed by atoms with Gasteiger partial charge in [-0.25, -0.2) is 13.2 Å². The van der Waals surface area contributed by atoms with Crippen LogP contribution in [0.5, 0.6) is 0 Å². The lowest BCUT2D eigenvalue weighted by atomic mass is 10.1. The number of nitrogens with zero attached hydrogens (tertiary/aromatic N) is 1. The summed E-state index contributed by atoms with van der Waals surface area (Å²) < 4.78 is 28.5. The topological polar surface area (TPSA) is 80.8 Å². The Balaban J connectivity index is 1.97. The fraction of sp³-hybridized carbons (Fsp3) is 0.474. The van der Waals surface area contributed by atoms with Gasteiger partial charge in [0.1, 0.15) is 0 Å². The van der Waals surface area contributed by atoms with Crippen molar-refractivity contribution in [2.75, 3.05) is 18.1 Å². The molecule has 2 rings (SSSR count). The summed E-state index contributed by atoms with van der Waals surface area (Å²) in [5, 5.41) is 0. The number of carbonyl (C=O) groups is 2. The van der Waals surface area contributed by atoms with Crippen LogP contribution >= 0.6 is 0 Å². The molecule has 0 spiro atoms. The highest BCUT2D eigenvalue weighted by atomic mass is 32.2. The van der Waals surface area contributed by atoms with Gasteiger partial charge < -0.3 is 9.64 Å². The molecule has 0 unspecified atom stereocenters. The standard InChI is InChI=1S/C19H25NO5S/c1-4-20(17-11-12-26(23,24)13-17)19(22)15(3)25-18(21)10-9-16-8-6-5-7-14(16)2/h5-10,15,17H,4,11-13H2,1-3H3/b10-9+/t15-,17-/m1/s1. The van der Waals surface area contributed by atoms with E-state index in [9.17, 15) is 18.0 Å². The number of carbonyl (C=O) groups excluding carboxylic acids is 2. The molecule has 0 bridgehead atoms. The predicted molar refractivity (Wildman–Crippen MR) is 100 cm³/mol. The van der Waals surface area contributed by atoms with Gasteiger partial charge >= 0.3 is 5.97 Å². The summed E-state index contributed by atoms with van der Waals surface area (Å²) in [5.74, 6) is -0.911. The molecular weight excluding hydrogens is 354 g/mol. The van der Waals surface area contributed by atoms with Crippen molar-refractivity contribution in [1.82, 2.24) is 4.90 Å². The third kappa shape index (κ3) is 5.17. The largest absolute Gasteiger partial charge is 0.449 e. The second-order valence-corrected chi connectivity index (χ2v) is 8.68. The van der Waals surface area contributed by atoms with Gasteiger partial charge in [0.15, 0.2) is 15.9 Å². The molecule has 0 saturated carbocycles. The third-order valence-corrected chi connectivity index (χ3v) is 6.25. The van der Waals surface area contributed by atoms with Crippen molar-refractivity contribution in [3.05, 3.63) is 41.5 Å². The van der Waals surface area contributed by atoms with Gasteiger partial charge in [-0.3, -0.25) is 4.79 Å². The van der Waals surface area contributed by atoms with Crippen LogP contribution in [-0.2, 0) is 24.2 Å². The van der Waals surface area contributed by atoms with Crippen molar-refractivity contribution >= 4 is 27.8 Å². The van der Waals surface area contributed by atoms with E-state index in [-0.39, 0.29) is 23.5 Å². The van der Waals surface area contributed by atoms with E-state index >= 15 is 0 Å². The Morgan fingerprint density at radius 1 is 1.35 bits per heavy atom. The normalized spacial score (nSPS) is 20.0. The van der Waals surface area contributed by atoms with Crippen molar-refractivity contribution in [2.45, 2.75) is 39.3 Å². The van der Waals surface area contributed by atoms with E-state index in [1.165, 1.54) is 17.9 Å². The van der Waals surface area contributed by atoms with Crippen LogP contribution in [0.4, 0.5) is 0 Å². The van der Waals surface area contributed by atoms with Gasteiger partial charge in [-0.05, 0) is 44.4 Å². The maximum absolute atomic E-state index is 12.6. The Kier molecular flexibility index (Phi) is 6.58. The molecule has 1 aromatic rings. The number of hydrogen-bond donors (Lipinski definition) is 0. The van der Waals surface area contributed by atoms with Gasteiger partial charge in [0.05, 0.1) is 11.5 Å². The summed E-state index contributed by atoms with van der Waals surface area (Å²) in [7, 11) is -3.09. The fourth-order valence-corrected chi connectivity index (χ4v) is 4.77. The minimum Gasteiger partial charge on any atom is -0.449 e. The zero-order valence-corrected chi connectivity index (χ0v) is 16.2. The van der Waals surface area contributed by atoms with Gasteiger partial charge in [-0.2, -0.15) is 0 Å². The summed E-state index contributed by atoms with van der Waals surface area (Å²) in [6, 6.07) is 7.26. The smallest absolute Gasteiger partial charge is 0.331 e. The minimum atomic E-state index is -3.09. The Labute approximate surface area is 154 Å². The Morgan fingerprint density at radius 3 is 2.62 bits per heavy atom. The SMILES string of the molecule is CCN(C(=O)[C@@H](C)OC(=O)/C=C/c1ccccc1C)[C@@H]1CCS(=O)(=O)C1. The molecule has 0 radical (unpaired) electrons. The van der Waals surface area contributed by atoms with E-state index in [1.807, 2.05) is 31.2 Å². The maximum Gasteiger partial charge on any atom is 0.331 e. The molecule has 7 heteroatoms. The molecule has 1 aliphatic heterocycles. The van der Waals surface area contributed by atoms with E-state index in [0.717, 1.165) is 11.1 Å². The fourth-order valence-electron chi connectivity index (χ4n) is 3.04. The summed E-state index contributed by atoms with van der Waals surface area (Å²) in [6.45, 7) is 5.61. The van der Waals surface area contributed by atoms with Crippen molar-refractivity contribution in [3.8, 4) is 0 Å². The van der Waals surface area contributed by atoms with Gasteiger partial charge in [-0.15, -0.1) is 0 Å². The molecule has 6 nitrogen and oxygen atoms in total. The quantitative estimate of drug-likeness (QED) is 0.558. The first-order chi connectivity index (χ1) is 12.2.